The second-order valence-corrected chi connectivity index (χ2v) is 9.27. The first kappa shape index (κ1) is 20.7. The molecule has 1 aliphatic heterocycles. The molecule has 1 aromatic heterocycles. The Bertz CT molecular complexity index is 1000. The summed E-state index contributed by atoms with van der Waals surface area (Å²) in [5, 5.41) is 3.80. The van der Waals surface area contributed by atoms with Crippen LogP contribution >= 0.6 is 11.6 Å². The molecule has 1 atom stereocenters. The molecule has 6 nitrogen and oxygen atoms in total. The Morgan fingerprint density at radius 3 is 2.80 bits per heavy atom. The van der Waals surface area contributed by atoms with Crippen molar-refractivity contribution in [2.45, 2.75) is 45.7 Å². The van der Waals surface area contributed by atoms with Gasteiger partial charge in [0.2, 0.25) is 0 Å². The minimum Gasteiger partial charge on any atom is -0.352 e. The Morgan fingerprint density at radius 1 is 1.27 bits per heavy atom. The SMILES string of the molecule is CC1=Cc2c(ncnc2N2CCN(C(=O)N[C@@H](C)c3cccc(Cl)c3)C(C)(C)C2)C1. The number of allylic oxidation sites excluding steroid dienone is 1. The van der Waals surface area contributed by atoms with Crippen molar-refractivity contribution in [3.63, 3.8) is 0 Å². The van der Waals surface area contributed by atoms with Gasteiger partial charge in [0.15, 0.2) is 0 Å². The number of fused-ring (bicyclic) bond motifs is 1. The Morgan fingerprint density at radius 2 is 2.07 bits per heavy atom. The number of amides is 2. The van der Waals surface area contributed by atoms with Gasteiger partial charge in [-0.1, -0.05) is 35.4 Å². The summed E-state index contributed by atoms with van der Waals surface area (Å²) in [5.74, 6) is 0.970. The second-order valence-electron chi connectivity index (χ2n) is 8.84. The third-order valence-corrected chi connectivity index (χ3v) is 6.15. The molecule has 0 radical (unpaired) electrons. The first-order valence-corrected chi connectivity index (χ1v) is 10.7. The van der Waals surface area contributed by atoms with Crippen LogP contribution in [0.1, 0.15) is 50.6 Å². The molecule has 1 aromatic carbocycles. The number of halogens is 1. The highest BCUT2D eigenvalue weighted by atomic mass is 35.5. The number of nitrogens with one attached hydrogen (secondary N) is 1. The number of hydrogen-bond acceptors (Lipinski definition) is 4. The predicted octanol–water partition coefficient (Wildman–Crippen LogP) is 4.46. The van der Waals surface area contributed by atoms with Crippen molar-refractivity contribution in [1.82, 2.24) is 20.2 Å². The number of aromatic nitrogens is 2. The summed E-state index contributed by atoms with van der Waals surface area (Å²) in [6.07, 6.45) is 4.72. The minimum atomic E-state index is -0.342. The number of anilines is 1. The minimum absolute atomic E-state index is 0.0595. The lowest BCUT2D eigenvalue weighted by atomic mass is 9.98. The van der Waals surface area contributed by atoms with Gasteiger partial charge < -0.3 is 15.1 Å². The zero-order chi connectivity index (χ0) is 21.5. The summed E-state index contributed by atoms with van der Waals surface area (Å²) >= 11 is 6.10. The van der Waals surface area contributed by atoms with Crippen molar-refractivity contribution in [2.24, 2.45) is 0 Å². The zero-order valence-electron chi connectivity index (χ0n) is 17.9. The third-order valence-electron chi connectivity index (χ3n) is 5.92. The van der Waals surface area contributed by atoms with Gasteiger partial charge in [0.25, 0.3) is 0 Å². The van der Waals surface area contributed by atoms with E-state index in [1.165, 1.54) is 5.57 Å². The van der Waals surface area contributed by atoms with E-state index in [0.717, 1.165) is 35.6 Å². The first-order chi connectivity index (χ1) is 14.2. The monoisotopic (exact) mass is 425 g/mol. The molecule has 0 spiro atoms. The molecule has 1 saturated heterocycles. The smallest absolute Gasteiger partial charge is 0.318 e. The first-order valence-electron chi connectivity index (χ1n) is 10.3. The van der Waals surface area contributed by atoms with Crippen LogP contribution in [0.3, 0.4) is 0 Å². The summed E-state index contributed by atoms with van der Waals surface area (Å²) in [4.78, 5) is 26.3. The van der Waals surface area contributed by atoms with Crippen molar-refractivity contribution in [2.75, 3.05) is 24.5 Å². The highest BCUT2D eigenvalue weighted by molar-refractivity contribution is 6.30. The molecule has 0 bridgehead atoms. The lowest BCUT2D eigenvalue weighted by molar-refractivity contribution is 0.121. The van der Waals surface area contributed by atoms with Gasteiger partial charge in [-0.2, -0.15) is 0 Å². The molecule has 158 valence electrons. The van der Waals surface area contributed by atoms with Gasteiger partial charge in [-0.05, 0) is 45.4 Å². The number of piperazine rings is 1. The van der Waals surface area contributed by atoms with Crippen molar-refractivity contribution < 1.29 is 4.79 Å². The van der Waals surface area contributed by atoms with Crippen LogP contribution in [0.4, 0.5) is 10.6 Å². The van der Waals surface area contributed by atoms with E-state index in [-0.39, 0.29) is 17.6 Å². The van der Waals surface area contributed by atoms with Crippen LogP contribution in [0.2, 0.25) is 5.02 Å². The average Bonchev–Trinajstić information content (AvgIpc) is 3.07. The summed E-state index contributed by atoms with van der Waals surface area (Å²) in [6.45, 7) is 10.4. The van der Waals surface area contributed by atoms with Crippen LogP contribution in [0.15, 0.2) is 36.2 Å². The van der Waals surface area contributed by atoms with Crippen molar-refractivity contribution in [1.29, 1.82) is 0 Å². The maximum atomic E-state index is 13.1. The summed E-state index contributed by atoms with van der Waals surface area (Å²) in [7, 11) is 0. The number of urea groups is 1. The van der Waals surface area contributed by atoms with E-state index < -0.39 is 0 Å². The van der Waals surface area contributed by atoms with E-state index >= 15 is 0 Å². The van der Waals surface area contributed by atoms with Gasteiger partial charge >= 0.3 is 6.03 Å². The lowest BCUT2D eigenvalue weighted by Crippen LogP contribution is -2.63. The molecule has 1 fully saturated rings. The molecule has 1 N–H and O–H groups in total. The molecule has 0 unspecified atom stereocenters. The predicted molar refractivity (Wildman–Crippen MR) is 121 cm³/mol. The Labute approximate surface area is 183 Å². The van der Waals surface area contributed by atoms with E-state index in [0.29, 0.717) is 18.1 Å². The molecular weight excluding hydrogens is 398 g/mol. The van der Waals surface area contributed by atoms with Crippen molar-refractivity contribution in [3.8, 4) is 0 Å². The molecule has 2 aliphatic rings. The second kappa shape index (κ2) is 7.91. The normalized spacial score (nSPS) is 18.6. The number of hydrogen-bond donors (Lipinski definition) is 1. The summed E-state index contributed by atoms with van der Waals surface area (Å²) in [6, 6.07) is 7.42. The quantitative estimate of drug-likeness (QED) is 0.788. The van der Waals surface area contributed by atoms with Gasteiger partial charge in [-0.25, -0.2) is 14.8 Å². The fourth-order valence-electron chi connectivity index (χ4n) is 4.36. The maximum absolute atomic E-state index is 13.1. The highest BCUT2D eigenvalue weighted by Crippen LogP contribution is 2.33. The van der Waals surface area contributed by atoms with Gasteiger partial charge in [0.05, 0.1) is 17.3 Å². The van der Waals surface area contributed by atoms with Crippen molar-refractivity contribution in [3.05, 3.63) is 58.0 Å². The van der Waals surface area contributed by atoms with Crippen LogP contribution in [0.25, 0.3) is 6.08 Å². The van der Waals surface area contributed by atoms with Gasteiger partial charge in [0.1, 0.15) is 12.1 Å². The number of benzene rings is 1. The van der Waals surface area contributed by atoms with E-state index in [4.69, 9.17) is 11.6 Å². The number of nitrogens with zero attached hydrogens (tertiary/aromatic N) is 4. The average molecular weight is 426 g/mol. The van der Waals surface area contributed by atoms with Crippen LogP contribution in [-0.4, -0.2) is 46.1 Å². The molecule has 1 aliphatic carbocycles. The van der Waals surface area contributed by atoms with Gasteiger partial charge in [-0.3, -0.25) is 0 Å². The summed E-state index contributed by atoms with van der Waals surface area (Å²) in [5.41, 5.74) is 4.17. The van der Waals surface area contributed by atoms with Crippen LogP contribution in [0, 0.1) is 0 Å². The van der Waals surface area contributed by atoms with Gasteiger partial charge in [-0.15, -0.1) is 0 Å². The van der Waals surface area contributed by atoms with E-state index in [1.807, 2.05) is 36.1 Å². The third kappa shape index (κ3) is 4.01. The van der Waals surface area contributed by atoms with E-state index in [2.05, 4.69) is 47.0 Å². The molecule has 2 heterocycles. The highest BCUT2D eigenvalue weighted by Gasteiger charge is 2.38. The topological polar surface area (TPSA) is 61.4 Å². The largest absolute Gasteiger partial charge is 0.352 e. The van der Waals surface area contributed by atoms with Crippen LogP contribution < -0.4 is 10.2 Å². The molecule has 4 rings (SSSR count). The number of carbonyl (C=O) groups is 1. The Kier molecular flexibility index (Phi) is 5.45. The van der Waals surface area contributed by atoms with Crippen LogP contribution in [-0.2, 0) is 6.42 Å². The molecular formula is C23H28ClN5O. The molecule has 30 heavy (non-hydrogen) atoms. The molecule has 2 aromatic rings. The van der Waals surface area contributed by atoms with E-state index in [1.54, 1.807) is 6.33 Å². The van der Waals surface area contributed by atoms with Gasteiger partial charge in [0, 0.05) is 36.6 Å². The fourth-order valence-corrected chi connectivity index (χ4v) is 4.56. The molecule has 0 saturated carbocycles. The van der Waals surface area contributed by atoms with Crippen LogP contribution in [0.5, 0.6) is 0 Å². The lowest BCUT2D eigenvalue weighted by Gasteiger charge is -2.47. The molecule has 2 amide bonds. The fraction of sp³-hybridized carbons (Fsp3) is 0.435. The maximum Gasteiger partial charge on any atom is 0.318 e. The number of rotatable bonds is 3. The standard InChI is InChI=1S/C23H28ClN5O/c1-15-10-19-20(11-15)25-14-26-21(19)28-8-9-29(23(3,4)13-28)22(30)27-16(2)17-6-5-7-18(24)12-17/h5-7,10,12,14,16H,8-9,11,13H2,1-4H3,(H,27,30)/t16-/m0/s1. The Balaban J connectivity index is 1.47. The van der Waals surface area contributed by atoms with Crippen molar-refractivity contribution >= 4 is 29.5 Å². The Hall–Kier alpha value is -2.60. The zero-order valence-corrected chi connectivity index (χ0v) is 18.7. The molecule has 7 heteroatoms. The summed E-state index contributed by atoms with van der Waals surface area (Å²) < 4.78 is 0. The van der Waals surface area contributed by atoms with E-state index in [9.17, 15) is 4.79 Å². The number of carbonyl (C=O) groups excluding carboxylic acids is 1.